The molecule has 1 atom stereocenters. The Bertz CT molecular complexity index is 464. The van der Waals surface area contributed by atoms with Crippen LogP contribution in [-0.4, -0.2) is 31.1 Å². The van der Waals surface area contributed by atoms with Gasteiger partial charge in [-0.05, 0) is 37.0 Å². The fourth-order valence-corrected chi connectivity index (χ4v) is 3.54. The molecule has 1 aromatic carbocycles. The van der Waals surface area contributed by atoms with Gasteiger partial charge in [0.25, 0.3) is 0 Å². The fraction of sp³-hybridized carbons (Fsp3) is 0.529. The third kappa shape index (κ3) is 5.65. The molecule has 1 aliphatic rings. The minimum Gasteiger partial charge on any atom is -0.314 e. The first-order valence-corrected chi connectivity index (χ1v) is 8.52. The summed E-state index contributed by atoms with van der Waals surface area (Å²) >= 11 is 3.54. The summed E-state index contributed by atoms with van der Waals surface area (Å²) in [6.45, 7) is 7.94. The summed E-state index contributed by atoms with van der Waals surface area (Å²) in [7, 11) is 0. The molecule has 0 saturated carbocycles. The van der Waals surface area contributed by atoms with Gasteiger partial charge in [0.15, 0.2) is 0 Å². The van der Waals surface area contributed by atoms with Gasteiger partial charge in [-0.15, -0.1) is 19.0 Å². The summed E-state index contributed by atoms with van der Waals surface area (Å²) in [6.07, 6.45) is 6.50. The zero-order chi connectivity index (χ0) is 15.1. The summed E-state index contributed by atoms with van der Waals surface area (Å²) in [5, 5.41) is 3.39. The van der Waals surface area contributed by atoms with Crippen molar-refractivity contribution in [2.45, 2.75) is 31.7 Å². The predicted molar refractivity (Wildman–Crippen MR) is 97.2 cm³/mol. The molecule has 1 saturated heterocycles. The quantitative estimate of drug-likeness (QED) is 0.535. The van der Waals surface area contributed by atoms with Crippen molar-refractivity contribution in [2.75, 3.05) is 26.2 Å². The minimum atomic E-state index is -0.184. The molecule has 124 valence electrons. The van der Waals surface area contributed by atoms with Gasteiger partial charge in [-0.25, -0.2) is 4.39 Å². The highest BCUT2D eigenvalue weighted by Gasteiger charge is 2.23. The molecule has 2 nitrogen and oxygen atoms in total. The molecule has 0 unspecified atom stereocenters. The average molecular weight is 392 g/mol. The monoisotopic (exact) mass is 390 g/mol. The number of nitrogens with one attached hydrogen (secondary N) is 1. The minimum absolute atomic E-state index is 0. The molecule has 1 fully saturated rings. The summed E-state index contributed by atoms with van der Waals surface area (Å²) in [6, 6.07) is 5.44. The van der Waals surface area contributed by atoms with E-state index in [2.05, 4.69) is 32.7 Å². The number of benzene rings is 1. The van der Waals surface area contributed by atoms with Crippen LogP contribution in [-0.2, 0) is 0 Å². The molecule has 0 aromatic heterocycles. The third-order valence-corrected chi connectivity index (χ3v) is 4.74. The summed E-state index contributed by atoms with van der Waals surface area (Å²) in [4.78, 5) is 2.52. The van der Waals surface area contributed by atoms with Crippen molar-refractivity contribution in [2.24, 2.45) is 0 Å². The molecule has 0 amide bonds. The average Bonchev–Trinajstić information content (AvgIpc) is 2.49. The smallest absolute Gasteiger partial charge is 0.124 e. The first kappa shape index (κ1) is 19.6. The topological polar surface area (TPSA) is 15.3 Å². The van der Waals surface area contributed by atoms with Crippen molar-refractivity contribution in [1.82, 2.24) is 10.2 Å². The predicted octanol–water partition coefficient (Wildman–Crippen LogP) is 4.70. The van der Waals surface area contributed by atoms with Crippen LogP contribution in [0.25, 0.3) is 0 Å². The highest BCUT2D eigenvalue weighted by molar-refractivity contribution is 9.10. The number of allylic oxidation sites excluding steroid dienone is 1. The molecule has 0 spiro atoms. The van der Waals surface area contributed by atoms with E-state index in [1.54, 1.807) is 12.1 Å². The van der Waals surface area contributed by atoms with E-state index in [1.807, 2.05) is 12.1 Å². The molecule has 5 heteroatoms. The number of hydrogen-bond donors (Lipinski definition) is 1. The Morgan fingerprint density at radius 3 is 2.68 bits per heavy atom. The maximum Gasteiger partial charge on any atom is 0.124 e. The maximum absolute atomic E-state index is 13.3. The normalized spacial score (nSPS) is 16.8. The Kier molecular flexibility index (Phi) is 9.25. The van der Waals surface area contributed by atoms with Gasteiger partial charge >= 0.3 is 0 Å². The number of piperazine rings is 1. The lowest BCUT2D eigenvalue weighted by Crippen LogP contribution is -2.45. The van der Waals surface area contributed by atoms with Crippen LogP contribution < -0.4 is 5.32 Å². The lowest BCUT2D eigenvalue weighted by Gasteiger charge is -2.36. The van der Waals surface area contributed by atoms with Crippen LogP contribution in [0.15, 0.2) is 35.3 Å². The summed E-state index contributed by atoms with van der Waals surface area (Å²) in [5.41, 5.74) is 1.21. The van der Waals surface area contributed by atoms with Crippen LogP contribution in [0.3, 0.4) is 0 Å². The van der Waals surface area contributed by atoms with Gasteiger partial charge in [0.2, 0.25) is 0 Å². The summed E-state index contributed by atoms with van der Waals surface area (Å²) < 4.78 is 14.2. The van der Waals surface area contributed by atoms with Crippen LogP contribution in [0.5, 0.6) is 0 Å². The van der Waals surface area contributed by atoms with Crippen LogP contribution in [0, 0.1) is 5.82 Å². The lowest BCUT2D eigenvalue weighted by atomic mass is 9.98. The molecule has 1 aliphatic heterocycles. The van der Waals surface area contributed by atoms with Crippen LogP contribution in [0.2, 0.25) is 0 Å². The Morgan fingerprint density at radius 2 is 2.05 bits per heavy atom. The van der Waals surface area contributed by atoms with Crippen molar-refractivity contribution >= 4 is 28.3 Å². The number of unbranched alkanes of at least 4 members (excludes halogenated alkanes) is 2. The largest absolute Gasteiger partial charge is 0.314 e. The molecule has 1 aromatic rings. The highest BCUT2D eigenvalue weighted by Crippen LogP contribution is 2.32. The van der Waals surface area contributed by atoms with Gasteiger partial charge in [-0.1, -0.05) is 34.5 Å². The standard InChI is InChI=1S/C17H24BrFN2.ClH/c1-2-3-4-5-6-17(21-11-9-20-10-12-21)15-8-7-14(19)13-16(15)18;/h2,7-8,13,17,20H,1,3-6,9-12H2;1H/t17-;/m1./s1. The second kappa shape index (κ2) is 10.4. The molecule has 1 N–H and O–H groups in total. The van der Waals surface area contributed by atoms with Crippen LogP contribution in [0.4, 0.5) is 4.39 Å². The van der Waals surface area contributed by atoms with Gasteiger partial charge in [0.1, 0.15) is 5.82 Å². The second-order valence-electron chi connectivity index (χ2n) is 5.54. The molecular formula is C17H25BrClFN2. The van der Waals surface area contributed by atoms with E-state index in [0.29, 0.717) is 6.04 Å². The Morgan fingerprint density at radius 1 is 1.32 bits per heavy atom. The fourth-order valence-electron chi connectivity index (χ4n) is 2.93. The molecule has 22 heavy (non-hydrogen) atoms. The number of nitrogens with zero attached hydrogens (tertiary/aromatic N) is 1. The molecule has 1 heterocycles. The van der Waals surface area contributed by atoms with E-state index in [1.165, 1.54) is 18.4 Å². The highest BCUT2D eigenvalue weighted by atomic mass is 79.9. The Labute approximate surface area is 147 Å². The van der Waals surface area contributed by atoms with Gasteiger partial charge in [-0.3, -0.25) is 4.90 Å². The molecule has 0 bridgehead atoms. The first-order valence-electron chi connectivity index (χ1n) is 7.73. The second-order valence-corrected chi connectivity index (χ2v) is 6.40. The third-order valence-electron chi connectivity index (χ3n) is 4.05. The van der Waals surface area contributed by atoms with E-state index < -0.39 is 0 Å². The number of hydrogen-bond acceptors (Lipinski definition) is 2. The summed E-state index contributed by atoms with van der Waals surface area (Å²) in [5.74, 6) is -0.184. The first-order chi connectivity index (χ1) is 10.2. The maximum atomic E-state index is 13.3. The van der Waals surface area contributed by atoms with Gasteiger partial charge < -0.3 is 5.32 Å². The van der Waals surface area contributed by atoms with Gasteiger partial charge in [0, 0.05) is 36.7 Å². The van der Waals surface area contributed by atoms with Crippen LogP contribution in [0.1, 0.15) is 37.3 Å². The van der Waals surface area contributed by atoms with Gasteiger partial charge in [-0.2, -0.15) is 0 Å². The zero-order valence-electron chi connectivity index (χ0n) is 12.9. The van der Waals surface area contributed by atoms with Gasteiger partial charge in [0.05, 0.1) is 0 Å². The van der Waals surface area contributed by atoms with E-state index in [9.17, 15) is 4.39 Å². The van der Waals surface area contributed by atoms with E-state index in [4.69, 9.17) is 0 Å². The molecule has 0 radical (unpaired) electrons. The van der Waals surface area contributed by atoms with E-state index in [0.717, 1.165) is 43.5 Å². The van der Waals surface area contributed by atoms with Crippen molar-refractivity contribution in [3.63, 3.8) is 0 Å². The van der Waals surface area contributed by atoms with E-state index >= 15 is 0 Å². The van der Waals surface area contributed by atoms with Crippen molar-refractivity contribution < 1.29 is 4.39 Å². The van der Waals surface area contributed by atoms with Crippen LogP contribution >= 0.6 is 28.3 Å². The van der Waals surface area contributed by atoms with Crippen molar-refractivity contribution in [3.05, 3.63) is 46.7 Å². The molecular weight excluding hydrogens is 367 g/mol. The van der Waals surface area contributed by atoms with Crippen molar-refractivity contribution in [3.8, 4) is 0 Å². The lowest BCUT2D eigenvalue weighted by molar-refractivity contribution is 0.162. The molecule has 2 rings (SSSR count). The van der Waals surface area contributed by atoms with Crippen molar-refractivity contribution in [1.29, 1.82) is 0 Å². The Balaban J connectivity index is 0.00000242. The zero-order valence-corrected chi connectivity index (χ0v) is 15.3. The number of rotatable bonds is 7. The SMILES string of the molecule is C=CCCCC[C@H](c1ccc(F)cc1Br)N1CCNCC1.Cl. The Hall–Kier alpha value is -0.420. The van der Waals surface area contributed by atoms with E-state index in [-0.39, 0.29) is 18.2 Å². The number of halogens is 3. The molecule has 0 aliphatic carbocycles.